The molecule has 1 aromatic carbocycles. The molecule has 0 aliphatic heterocycles. The molecule has 0 bridgehead atoms. The third kappa shape index (κ3) is 2.08. The summed E-state index contributed by atoms with van der Waals surface area (Å²) in [6.45, 7) is 0.538. The maximum atomic E-state index is 12.0. The Morgan fingerprint density at radius 3 is 2.45 bits per heavy atom. The van der Waals surface area contributed by atoms with Gasteiger partial charge in [0.05, 0.1) is 17.1 Å². The Kier molecular flexibility index (Phi) is 3.01. The number of hydrogen-bond acceptors (Lipinski definition) is 3. The summed E-state index contributed by atoms with van der Waals surface area (Å²) in [7, 11) is 0. The highest BCUT2D eigenvalue weighted by atomic mass is 16.4. The van der Waals surface area contributed by atoms with E-state index >= 15 is 0 Å². The van der Waals surface area contributed by atoms with Gasteiger partial charge in [-0.05, 0) is 37.0 Å². The van der Waals surface area contributed by atoms with Crippen LogP contribution in [0, 0.1) is 11.3 Å². The lowest BCUT2D eigenvalue weighted by atomic mass is 9.81. The third-order valence-electron chi connectivity index (χ3n) is 4.52. The summed E-state index contributed by atoms with van der Waals surface area (Å²) in [4.78, 5) is 22.7. The van der Waals surface area contributed by atoms with Crippen molar-refractivity contribution in [1.82, 2.24) is 5.32 Å². The zero-order valence-corrected chi connectivity index (χ0v) is 11.0. The first kappa shape index (κ1) is 13.1. The molecule has 2 aliphatic carbocycles. The predicted molar refractivity (Wildman–Crippen MR) is 71.3 cm³/mol. The molecule has 106 valence electrons. The molecule has 3 N–H and O–H groups in total. The van der Waals surface area contributed by atoms with Crippen LogP contribution in [0.5, 0.6) is 0 Å². The number of aromatic carboxylic acids is 1. The molecule has 0 radical (unpaired) electrons. The van der Waals surface area contributed by atoms with E-state index in [1.807, 2.05) is 0 Å². The highest BCUT2D eigenvalue weighted by Gasteiger charge is 2.71. The summed E-state index contributed by atoms with van der Waals surface area (Å²) in [6, 6.07) is 6.66. The first-order valence-electron chi connectivity index (χ1n) is 6.81. The zero-order chi connectivity index (χ0) is 14.3. The second-order valence-electron chi connectivity index (χ2n) is 5.75. The number of carboxylic acid groups (broad SMARTS) is 1. The Labute approximate surface area is 116 Å². The molecule has 2 fully saturated rings. The molecule has 1 aromatic rings. The molecule has 20 heavy (non-hydrogen) atoms. The van der Waals surface area contributed by atoms with Crippen molar-refractivity contribution in [2.24, 2.45) is 11.3 Å². The van der Waals surface area contributed by atoms with E-state index in [1.165, 1.54) is 0 Å². The van der Waals surface area contributed by atoms with E-state index in [9.17, 15) is 14.7 Å². The molecule has 0 spiro atoms. The van der Waals surface area contributed by atoms with Gasteiger partial charge in [-0.2, -0.15) is 0 Å². The number of aliphatic hydroxyl groups is 1. The molecule has 3 atom stereocenters. The lowest BCUT2D eigenvalue weighted by Crippen LogP contribution is -2.43. The molecular formula is C15H17NO4. The van der Waals surface area contributed by atoms with Crippen molar-refractivity contribution >= 4 is 11.9 Å². The molecule has 1 amide bonds. The van der Waals surface area contributed by atoms with Gasteiger partial charge in [-0.25, -0.2) is 4.79 Å². The molecule has 5 heteroatoms. The minimum absolute atomic E-state index is 0.0509. The molecular weight excluding hydrogens is 258 g/mol. The van der Waals surface area contributed by atoms with E-state index in [2.05, 4.69) is 5.32 Å². The fraction of sp³-hybridized carbons (Fsp3) is 0.467. The number of aliphatic hydroxyl groups excluding tert-OH is 1. The quantitative estimate of drug-likeness (QED) is 0.742. The van der Waals surface area contributed by atoms with Gasteiger partial charge in [-0.15, -0.1) is 0 Å². The van der Waals surface area contributed by atoms with Crippen molar-refractivity contribution in [3.8, 4) is 0 Å². The van der Waals surface area contributed by atoms with E-state index in [0.29, 0.717) is 19.4 Å². The minimum Gasteiger partial charge on any atom is -0.478 e. The fourth-order valence-corrected chi connectivity index (χ4v) is 3.09. The highest BCUT2D eigenvalue weighted by molar-refractivity contribution is 5.88. The normalized spacial score (nSPS) is 30.1. The van der Waals surface area contributed by atoms with Gasteiger partial charge in [0.2, 0.25) is 5.91 Å². The van der Waals surface area contributed by atoms with Gasteiger partial charge >= 0.3 is 5.97 Å². The Morgan fingerprint density at radius 2 is 1.95 bits per heavy atom. The Bertz CT molecular complexity index is 553. The number of rotatable bonds is 5. The van der Waals surface area contributed by atoms with Crippen molar-refractivity contribution in [1.29, 1.82) is 0 Å². The first-order chi connectivity index (χ1) is 9.53. The summed E-state index contributed by atoms with van der Waals surface area (Å²) in [5.41, 5.74) is 0.988. The standard InChI is InChI=1S/C15H17NO4/c17-12-8-15(7-11(12)15)14(20)16-6-5-9-1-3-10(4-2-9)13(18)19/h1-4,11-12,17H,5-8H2,(H,16,20)(H,18,19)/t11-,12-,15-/m1/s1. The largest absolute Gasteiger partial charge is 0.478 e. The summed E-state index contributed by atoms with van der Waals surface area (Å²) in [5.74, 6) is -0.709. The van der Waals surface area contributed by atoms with Crippen LogP contribution in [-0.4, -0.2) is 34.7 Å². The van der Waals surface area contributed by atoms with Gasteiger partial charge in [0.1, 0.15) is 0 Å². The summed E-state index contributed by atoms with van der Waals surface area (Å²) < 4.78 is 0. The molecule has 2 saturated carbocycles. The van der Waals surface area contributed by atoms with Crippen molar-refractivity contribution in [3.05, 3.63) is 35.4 Å². The van der Waals surface area contributed by atoms with Crippen molar-refractivity contribution < 1.29 is 19.8 Å². The SMILES string of the molecule is O=C(O)c1ccc(CCNC(=O)[C@]23C[C@@H](O)[C@H]2C3)cc1. The molecule has 3 rings (SSSR count). The highest BCUT2D eigenvalue weighted by Crippen LogP contribution is 2.67. The van der Waals surface area contributed by atoms with Gasteiger partial charge in [0.25, 0.3) is 0 Å². The van der Waals surface area contributed by atoms with Gasteiger partial charge < -0.3 is 15.5 Å². The van der Waals surface area contributed by atoms with Crippen LogP contribution in [0.3, 0.4) is 0 Å². The molecule has 0 unspecified atom stereocenters. The Balaban J connectivity index is 1.46. The van der Waals surface area contributed by atoms with Crippen LogP contribution in [-0.2, 0) is 11.2 Å². The smallest absolute Gasteiger partial charge is 0.335 e. The van der Waals surface area contributed by atoms with Crippen molar-refractivity contribution in [2.75, 3.05) is 6.54 Å². The number of carbonyl (C=O) groups excluding carboxylic acids is 1. The van der Waals surface area contributed by atoms with Crippen LogP contribution < -0.4 is 5.32 Å². The number of hydrogen-bond donors (Lipinski definition) is 3. The molecule has 0 aromatic heterocycles. The van der Waals surface area contributed by atoms with Crippen LogP contribution in [0.25, 0.3) is 0 Å². The third-order valence-corrected chi connectivity index (χ3v) is 4.52. The summed E-state index contributed by atoms with van der Waals surface area (Å²) in [6.07, 6.45) is 1.79. The maximum Gasteiger partial charge on any atom is 0.335 e. The van der Waals surface area contributed by atoms with Crippen molar-refractivity contribution in [3.63, 3.8) is 0 Å². The van der Waals surface area contributed by atoms with Crippen LogP contribution in [0.2, 0.25) is 0 Å². The second kappa shape index (κ2) is 4.59. The van der Waals surface area contributed by atoms with Gasteiger partial charge in [0.15, 0.2) is 0 Å². The van der Waals surface area contributed by atoms with E-state index in [0.717, 1.165) is 12.0 Å². The van der Waals surface area contributed by atoms with Gasteiger partial charge in [-0.3, -0.25) is 4.79 Å². The topological polar surface area (TPSA) is 86.6 Å². The zero-order valence-electron chi connectivity index (χ0n) is 11.0. The minimum atomic E-state index is -0.938. The number of carbonyl (C=O) groups is 2. The summed E-state index contributed by atoms with van der Waals surface area (Å²) in [5, 5.41) is 21.1. The van der Waals surface area contributed by atoms with Gasteiger partial charge in [0, 0.05) is 12.5 Å². The lowest BCUT2D eigenvalue weighted by Gasteiger charge is -2.29. The van der Waals surface area contributed by atoms with Crippen LogP contribution in [0.15, 0.2) is 24.3 Å². The van der Waals surface area contributed by atoms with Gasteiger partial charge in [-0.1, -0.05) is 12.1 Å². The van der Waals surface area contributed by atoms with Crippen molar-refractivity contribution in [2.45, 2.75) is 25.4 Å². The number of fused-ring (bicyclic) bond motifs is 1. The molecule has 0 saturated heterocycles. The van der Waals surface area contributed by atoms with E-state index < -0.39 is 5.97 Å². The lowest BCUT2D eigenvalue weighted by molar-refractivity contribution is -0.133. The second-order valence-corrected chi connectivity index (χ2v) is 5.75. The summed E-state index contributed by atoms with van der Waals surface area (Å²) >= 11 is 0. The van der Waals surface area contributed by atoms with Crippen LogP contribution in [0.1, 0.15) is 28.8 Å². The first-order valence-corrected chi connectivity index (χ1v) is 6.81. The number of amides is 1. The molecule has 0 heterocycles. The fourth-order valence-electron chi connectivity index (χ4n) is 3.09. The maximum absolute atomic E-state index is 12.0. The monoisotopic (exact) mass is 275 g/mol. The number of nitrogens with one attached hydrogen (secondary N) is 1. The number of carboxylic acids is 1. The predicted octanol–water partition coefficient (Wildman–Crippen LogP) is 0.814. The molecule has 5 nitrogen and oxygen atoms in total. The van der Waals surface area contributed by atoms with E-state index in [-0.39, 0.29) is 28.9 Å². The average molecular weight is 275 g/mol. The van der Waals surface area contributed by atoms with E-state index in [4.69, 9.17) is 5.11 Å². The average Bonchev–Trinajstić information content (AvgIpc) is 3.06. The van der Waals surface area contributed by atoms with Crippen LogP contribution in [0.4, 0.5) is 0 Å². The van der Waals surface area contributed by atoms with Crippen LogP contribution >= 0.6 is 0 Å². The Hall–Kier alpha value is -1.88. The number of benzene rings is 1. The Morgan fingerprint density at radius 1 is 1.25 bits per heavy atom. The molecule has 2 aliphatic rings. The van der Waals surface area contributed by atoms with E-state index in [1.54, 1.807) is 24.3 Å².